The first-order valence-electron chi connectivity index (χ1n) is 5.85. The second-order valence-corrected chi connectivity index (χ2v) is 4.13. The van der Waals surface area contributed by atoms with Crippen molar-refractivity contribution in [2.24, 2.45) is 0 Å². The fraction of sp³-hybridized carbons (Fsp3) is 0.333. The zero-order chi connectivity index (χ0) is 14.6. The van der Waals surface area contributed by atoms with Gasteiger partial charge >= 0.3 is 6.36 Å². The van der Waals surface area contributed by atoms with Crippen LogP contribution in [0.25, 0.3) is 0 Å². The zero-order valence-electron chi connectivity index (χ0n) is 10.6. The topological polar surface area (TPSA) is 62.8 Å². The maximum Gasteiger partial charge on any atom is 0.573 e. The minimum absolute atomic E-state index is 0.0665. The van der Waals surface area contributed by atoms with Crippen molar-refractivity contribution in [1.29, 1.82) is 0 Å². The van der Waals surface area contributed by atoms with Gasteiger partial charge in [0.1, 0.15) is 5.75 Å². The number of hydrogen-bond donors (Lipinski definition) is 2. The Kier molecular flexibility index (Phi) is 4.23. The Bertz CT molecular complexity index is 525. The van der Waals surface area contributed by atoms with Gasteiger partial charge in [-0.25, -0.2) is 0 Å². The standard InChI is InChI=1S/C12H13F3N4O/c1-16-10(11-7-17-19-18-11)6-8-2-4-9(5-3-8)20-12(13,14)15/h2-5,7,10,16H,6H2,1H3,(H,17,18,19). The molecule has 0 aliphatic rings. The lowest BCUT2D eigenvalue weighted by Crippen LogP contribution is -2.19. The average molecular weight is 286 g/mol. The number of likely N-dealkylation sites (N-methyl/N-ethyl adjacent to an activating group) is 1. The van der Waals surface area contributed by atoms with Gasteiger partial charge in [-0.05, 0) is 31.2 Å². The van der Waals surface area contributed by atoms with Crippen LogP contribution in [0.4, 0.5) is 13.2 Å². The predicted molar refractivity (Wildman–Crippen MR) is 65.0 cm³/mol. The lowest BCUT2D eigenvalue weighted by molar-refractivity contribution is -0.274. The highest BCUT2D eigenvalue weighted by Gasteiger charge is 2.30. The molecule has 0 radical (unpaired) electrons. The number of alkyl halides is 3. The third-order valence-corrected chi connectivity index (χ3v) is 2.74. The number of ether oxygens (including phenoxy) is 1. The van der Waals surface area contributed by atoms with E-state index in [-0.39, 0.29) is 11.8 Å². The number of hydrogen-bond acceptors (Lipinski definition) is 4. The lowest BCUT2D eigenvalue weighted by atomic mass is 10.0. The molecule has 108 valence electrons. The highest BCUT2D eigenvalue weighted by atomic mass is 19.4. The maximum atomic E-state index is 12.0. The summed E-state index contributed by atoms with van der Waals surface area (Å²) in [5.41, 5.74) is 1.60. The number of nitrogens with zero attached hydrogens (tertiary/aromatic N) is 2. The number of halogens is 3. The van der Waals surface area contributed by atoms with E-state index in [0.29, 0.717) is 6.42 Å². The van der Waals surface area contributed by atoms with Crippen LogP contribution in [-0.2, 0) is 6.42 Å². The zero-order valence-corrected chi connectivity index (χ0v) is 10.6. The molecule has 0 bridgehead atoms. The number of benzene rings is 1. The molecule has 1 unspecified atom stereocenters. The Morgan fingerprint density at radius 1 is 1.30 bits per heavy atom. The van der Waals surface area contributed by atoms with Crippen molar-refractivity contribution in [1.82, 2.24) is 20.7 Å². The second-order valence-electron chi connectivity index (χ2n) is 4.13. The Morgan fingerprint density at radius 2 is 2.00 bits per heavy atom. The molecule has 0 aliphatic carbocycles. The van der Waals surface area contributed by atoms with E-state index in [1.807, 2.05) is 0 Å². The van der Waals surface area contributed by atoms with E-state index in [0.717, 1.165) is 11.3 Å². The Morgan fingerprint density at radius 3 is 2.50 bits per heavy atom. The minimum atomic E-state index is -4.67. The van der Waals surface area contributed by atoms with Gasteiger partial charge in [-0.3, -0.25) is 0 Å². The van der Waals surface area contributed by atoms with Gasteiger partial charge in [0.25, 0.3) is 0 Å². The van der Waals surface area contributed by atoms with E-state index in [1.54, 1.807) is 25.4 Å². The molecule has 1 heterocycles. The SMILES string of the molecule is CNC(Cc1ccc(OC(F)(F)F)cc1)c1cn[nH]n1. The van der Waals surface area contributed by atoms with Crippen molar-refractivity contribution >= 4 is 0 Å². The van der Waals surface area contributed by atoms with Crippen molar-refractivity contribution in [3.63, 3.8) is 0 Å². The molecule has 0 saturated carbocycles. The van der Waals surface area contributed by atoms with Gasteiger partial charge in [0.05, 0.1) is 17.9 Å². The monoisotopic (exact) mass is 286 g/mol. The number of nitrogens with one attached hydrogen (secondary N) is 2. The molecular weight excluding hydrogens is 273 g/mol. The minimum Gasteiger partial charge on any atom is -0.406 e. The third kappa shape index (κ3) is 3.95. The van der Waals surface area contributed by atoms with E-state index in [2.05, 4.69) is 25.5 Å². The van der Waals surface area contributed by atoms with Crippen LogP contribution in [0.1, 0.15) is 17.3 Å². The number of aromatic amines is 1. The molecule has 0 amide bonds. The molecule has 20 heavy (non-hydrogen) atoms. The normalized spacial score (nSPS) is 13.2. The van der Waals surface area contributed by atoms with Crippen molar-refractivity contribution in [3.05, 3.63) is 41.7 Å². The largest absolute Gasteiger partial charge is 0.573 e. The Balaban J connectivity index is 2.03. The van der Waals surface area contributed by atoms with E-state index >= 15 is 0 Å². The van der Waals surface area contributed by atoms with E-state index in [9.17, 15) is 13.2 Å². The first-order chi connectivity index (χ1) is 9.48. The lowest BCUT2D eigenvalue weighted by Gasteiger charge is -2.14. The molecule has 0 aliphatic heterocycles. The van der Waals surface area contributed by atoms with E-state index in [4.69, 9.17) is 0 Å². The van der Waals surface area contributed by atoms with Crippen molar-refractivity contribution in [3.8, 4) is 5.75 Å². The van der Waals surface area contributed by atoms with Crippen molar-refractivity contribution in [2.75, 3.05) is 7.05 Å². The summed E-state index contributed by atoms with van der Waals surface area (Å²) in [6, 6.07) is 5.69. The van der Waals surface area contributed by atoms with Crippen molar-refractivity contribution in [2.45, 2.75) is 18.8 Å². The number of aromatic nitrogens is 3. The van der Waals surface area contributed by atoms with Gasteiger partial charge in [-0.1, -0.05) is 12.1 Å². The summed E-state index contributed by atoms with van der Waals surface area (Å²) in [5.74, 6) is -0.233. The highest BCUT2D eigenvalue weighted by Crippen LogP contribution is 2.24. The molecule has 5 nitrogen and oxygen atoms in total. The molecule has 0 saturated heterocycles. The van der Waals surface area contributed by atoms with Crippen LogP contribution in [0.3, 0.4) is 0 Å². The van der Waals surface area contributed by atoms with Gasteiger partial charge in [0.2, 0.25) is 0 Å². The molecule has 2 N–H and O–H groups in total. The van der Waals surface area contributed by atoms with Crippen LogP contribution in [0.15, 0.2) is 30.5 Å². The quantitative estimate of drug-likeness (QED) is 0.884. The van der Waals surface area contributed by atoms with Gasteiger partial charge in [-0.15, -0.1) is 13.2 Å². The summed E-state index contributed by atoms with van der Waals surface area (Å²) in [6.45, 7) is 0. The summed E-state index contributed by atoms with van der Waals surface area (Å²) in [6.07, 6.45) is -2.49. The Hall–Kier alpha value is -2.09. The average Bonchev–Trinajstić information content (AvgIpc) is 2.90. The van der Waals surface area contributed by atoms with Gasteiger partial charge in [0, 0.05) is 0 Å². The van der Waals surface area contributed by atoms with Crippen LogP contribution in [-0.4, -0.2) is 28.8 Å². The summed E-state index contributed by atoms with van der Waals surface area (Å²) >= 11 is 0. The molecular formula is C12H13F3N4O. The van der Waals surface area contributed by atoms with Crippen LogP contribution in [0, 0.1) is 0 Å². The highest BCUT2D eigenvalue weighted by molar-refractivity contribution is 5.28. The van der Waals surface area contributed by atoms with E-state index in [1.165, 1.54) is 12.1 Å². The number of rotatable bonds is 5. The molecule has 1 atom stereocenters. The summed E-state index contributed by atoms with van der Waals surface area (Å²) in [5, 5.41) is 13.3. The van der Waals surface area contributed by atoms with Crippen LogP contribution in [0.5, 0.6) is 5.75 Å². The fourth-order valence-electron chi connectivity index (χ4n) is 1.80. The van der Waals surface area contributed by atoms with Crippen LogP contribution >= 0.6 is 0 Å². The number of H-pyrrole nitrogens is 1. The first-order valence-corrected chi connectivity index (χ1v) is 5.85. The summed E-state index contributed by atoms with van der Waals surface area (Å²) < 4.78 is 39.9. The van der Waals surface area contributed by atoms with Crippen LogP contribution in [0.2, 0.25) is 0 Å². The van der Waals surface area contributed by atoms with Gasteiger partial charge in [0.15, 0.2) is 0 Å². The molecule has 0 spiro atoms. The molecule has 1 aromatic heterocycles. The van der Waals surface area contributed by atoms with Crippen LogP contribution < -0.4 is 10.1 Å². The third-order valence-electron chi connectivity index (χ3n) is 2.74. The molecule has 2 aromatic rings. The second kappa shape index (κ2) is 5.91. The van der Waals surface area contributed by atoms with Crippen molar-refractivity contribution < 1.29 is 17.9 Å². The Labute approximate surface area is 113 Å². The fourth-order valence-corrected chi connectivity index (χ4v) is 1.80. The maximum absolute atomic E-state index is 12.0. The molecule has 8 heteroatoms. The molecule has 1 aromatic carbocycles. The smallest absolute Gasteiger partial charge is 0.406 e. The molecule has 0 fully saturated rings. The van der Waals surface area contributed by atoms with E-state index < -0.39 is 6.36 Å². The molecule has 2 rings (SSSR count). The first kappa shape index (κ1) is 14.3. The summed E-state index contributed by atoms with van der Waals surface area (Å²) in [4.78, 5) is 0. The predicted octanol–water partition coefficient (Wildman–Crippen LogP) is 2.21. The summed E-state index contributed by atoms with van der Waals surface area (Å²) in [7, 11) is 1.78. The van der Waals surface area contributed by atoms with Gasteiger partial charge in [-0.2, -0.15) is 15.4 Å². The van der Waals surface area contributed by atoms with Gasteiger partial charge < -0.3 is 10.1 Å².